The second-order valence-electron chi connectivity index (χ2n) is 7.37. The maximum absolute atomic E-state index is 12.7. The van der Waals surface area contributed by atoms with Crippen molar-refractivity contribution in [1.82, 2.24) is 14.8 Å². The number of aromatic nitrogens is 3. The van der Waals surface area contributed by atoms with Crippen LogP contribution in [-0.2, 0) is 4.79 Å². The van der Waals surface area contributed by atoms with Crippen molar-refractivity contribution in [2.45, 2.75) is 19.0 Å². The first-order valence-electron chi connectivity index (χ1n) is 10.6. The molecular weight excluding hydrogens is 536 g/mol. The summed E-state index contributed by atoms with van der Waals surface area (Å²) in [6, 6.07) is 20.9. The van der Waals surface area contributed by atoms with Crippen molar-refractivity contribution < 1.29 is 9.53 Å². The van der Waals surface area contributed by atoms with Crippen LogP contribution in [0.3, 0.4) is 0 Å². The number of carbonyl (C=O) groups excluding carboxylic acids is 1. The molecule has 0 aliphatic heterocycles. The summed E-state index contributed by atoms with van der Waals surface area (Å²) in [5.41, 5.74) is 3.42. The molecule has 4 rings (SSSR count). The van der Waals surface area contributed by atoms with Crippen LogP contribution in [0.5, 0.6) is 5.75 Å². The Morgan fingerprint density at radius 1 is 1.12 bits per heavy atom. The number of anilines is 1. The lowest BCUT2D eigenvalue weighted by molar-refractivity contribution is -0.113. The van der Waals surface area contributed by atoms with Crippen LogP contribution in [0.4, 0.5) is 5.69 Å². The van der Waals surface area contributed by atoms with E-state index in [9.17, 15) is 4.79 Å². The fourth-order valence-electron chi connectivity index (χ4n) is 3.31. The Balaban J connectivity index is 1.61. The fourth-order valence-corrected chi connectivity index (χ4v) is 4.87. The molecule has 3 aromatic carbocycles. The molecule has 6 nitrogen and oxygen atoms in total. The summed E-state index contributed by atoms with van der Waals surface area (Å²) >= 11 is 11.3. The number of halogens is 2. The van der Waals surface area contributed by atoms with Crippen molar-refractivity contribution in [2.24, 2.45) is 0 Å². The second kappa shape index (κ2) is 11.1. The van der Waals surface area contributed by atoms with Crippen molar-refractivity contribution in [1.29, 1.82) is 0 Å². The third-order valence-corrected chi connectivity index (χ3v) is 6.80. The lowest BCUT2D eigenvalue weighted by atomic mass is 10.2. The van der Waals surface area contributed by atoms with Gasteiger partial charge >= 0.3 is 0 Å². The third-order valence-electron chi connectivity index (χ3n) is 4.89. The van der Waals surface area contributed by atoms with Gasteiger partial charge in [-0.1, -0.05) is 41.6 Å². The zero-order chi connectivity index (χ0) is 24.1. The number of hydrogen-bond donors (Lipinski definition) is 1. The van der Waals surface area contributed by atoms with Crippen molar-refractivity contribution in [3.63, 3.8) is 0 Å². The van der Waals surface area contributed by atoms with Crippen LogP contribution in [0.2, 0.25) is 5.02 Å². The minimum absolute atomic E-state index is 0.143. The normalized spacial score (nSPS) is 10.8. The van der Waals surface area contributed by atoms with Gasteiger partial charge in [0.15, 0.2) is 11.0 Å². The smallest absolute Gasteiger partial charge is 0.234 e. The lowest BCUT2D eigenvalue weighted by Crippen LogP contribution is -2.15. The fraction of sp³-hybridized carbons (Fsp3) is 0.160. The predicted molar refractivity (Wildman–Crippen MR) is 141 cm³/mol. The van der Waals surface area contributed by atoms with Gasteiger partial charge in [0.2, 0.25) is 5.91 Å². The van der Waals surface area contributed by atoms with E-state index in [-0.39, 0.29) is 11.7 Å². The topological polar surface area (TPSA) is 69.0 Å². The van der Waals surface area contributed by atoms with E-state index in [1.807, 2.05) is 85.1 Å². The van der Waals surface area contributed by atoms with Crippen molar-refractivity contribution in [3.05, 3.63) is 81.8 Å². The van der Waals surface area contributed by atoms with Gasteiger partial charge in [0.1, 0.15) is 5.75 Å². The zero-order valence-electron chi connectivity index (χ0n) is 18.6. The molecule has 9 heteroatoms. The van der Waals surface area contributed by atoms with Crippen LogP contribution in [0.25, 0.3) is 17.1 Å². The largest absolute Gasteiger partial charge is 0.494 e. The number of hydrogen-bond acceptors (Lipinski definition) is 5. The van der Waals surface area contributed by atoms with Gasteiger partial charge in [-0.05, 0) is 83.9 Å². The maximum atomic E-state index is 12.7. The second-order valence-corrected chi connectivity index (χ2v) is 9.57. The van der Waals surface area contributed by atoms with Gasteiger partial charge in [0.05, 0.1) is 23.1 Å². The number of thioether (sulfide) groups is 1. The van der Waals surface area contributed by atoms with E-state index < -0.39 is 0 Å². The number of benzene rings is 3. The number of amides is 1. The molecule has 0 spiro atoms. The predicted octanol–water partition coefficient (Wildman–Crippen LogP) is 6.79. The Kier molecular flexibility index (Phi) is 7.92. The average molecular weight is 558 g/mol. The van der Waals surface area contributed by atoms with Gasteiger partial charge in [-0.2, -0.15) is 0 Å². The first kappa shape index (κ1) is 24.3. The number of carbonyl (C=O) groups is 1. The Morgan fingerprint density at radius 3 is 2.59 bits per heavy atom. The minimum atomic E-state index is -0.143. The first-order chi connectivity index (χ1) is 16.5. The highest BCUT2D eigenvalue weighted by atomic mass is 79.9. The molecule has 1 aromatic heterocycles. The van der Waals surface area contributed by atoms with Crippen molar-refractivity contribution in [2.75, 3.05) is 17.7 Å². The number of nitrogens with one attached hydrogen (secondary N) is 1. The molecule has 0 fully saturated rings. The molecule has 1 heterocycles. The monoisotopic (exact) mass is 556 g/mol. The zero-order valence-corrected chi connectivity index (χ0v) is 21.7. The molecule has 1 N–H and O–H groups in total. The highest BCUT2D eigenvalue weighted by Gasteiger charge is 2.19. The van der Waals surface area contributed by atoms with E-state index in [1.54, 1.807) is 0 Å². The standard InChI is InChI=1S/C25H22BrClN4O2S/c1-3-33-18-11-9-17(10-12-18)31-24(19-6-4-5-7-21(19)27)29-30-25(31)34-15-23(32)28-22-13-8-16(2)14-20(22)26/h4-14H,3,15H2,1-2H3,(H,28,32). The van der Waals surface area contributed by atoms with Gasteiger partial charge in [0, 0.05) is 15.7 Å². The molecule has 1 amide bonds. The van der Waals surface area contributed by atoms with Gasteiger partial charge < -0.3 is 10.1 Å². The van der Waals surface area contributed by atoms with Gasteiger partial charge in [-0.25, -0.2) is 0 Å². The van der Waals surface area contributed by atoms with E-state index in [4.69, 9.17) is 16.3 Å². The average Bonchev–Trinajstić information content (AvgIpc) is 3.24. The SMILES string of the molecule is CCOc1ccc(-n2c(SCC(=O)Nc3ccc(C)cc3Br)nnc2-c2ccccc2Cl)cc1. The molecule has 0 bridgehead atoms. The summed E-state index contributed by atoms with van der Waals surface area (Å²) in [6.07, 6.45) is 0. The lowest BCUT2D eigenvalue weighted by Gasteiger charge is -2.12. The van der Waals surface area contributed by atoms with E-state index in [2.05, 4.69) is 31.4 Å². The Labute approximate surface area is 215 Å². The quantitative estimate of drug-likeness (QED) is 0.242. The molecule has 0 radical (unpaired) electrons. The first-order valence-corrected chi connectivity index (χ1v) is 12.7. The van der Waals surface area contributed by atoms with E-state index >= 15 is 0 Å². The minimum Gasteiger partial charge on any atom is -0.494 e. The number of nitrogens with zero attached hydrogens (tertiary/aromatic N) is 3. The summed E-state index contributed by atoms with van der Waals surface area (Å²) < 4.78 is 8.31. The Morgan fingerprint density at radius 2 is 1.88 bits per heavy atom. The van der Waals surface area contributed by atoms with Gasteiger partial charge in [-0.15, -0.1) is 10.2 Å². The maximum Gasteiger partial charge on any atom is 0.234 e. The third kappa shape index (κ3) is 5.63. The van der Waals surface area contributed by atoms with E-state index in [0.717, 1.165) is 32.7 Å². The molecule has 0 aliphatic carbocycles. The molecule has 0 saturated carbocycles. The van der Waals surface area contributed by atoms with Crippen LogP contribution in [0.15, 0.2) is 76.4 Å². The number of rotatable bonds is 8. The van der Waals surface area contributed by atoms with Crippen LogP contribution in [0, 0.1) is 6.92 Å². The molecule has 0 saturated heterocycles. The van der Waals surface area contributed by atoms with Gasteiger partial charge in [-0.3, -0.25) is 9.36 Å². The van der Waals surface area contributed by atoms with Crippen LogP contribution in [0.1, 0.15) is 12.5 Å². The summed E-state index contributed by atoms with van der Waals surface area (Å²) in [6.45, 7) is 4.53. The Bertz CT molecular complexity index is 1310. The summed E-state index contributed by atoms with van der Waals surface area (Å²) in [5.74, 6) is 1.39. The van der Waals surface area contributed by atoms with Crippen molar-refractivity contribution >= 4 is 50.9 Å². The highest BCUT2D eigenvalue weighted by Crippen LogP contribution is 2.32. The molecule has 0 aliphatic rings. The molecule has 0 atom stereocenters. The number of ether oxygens (including phenoxy) is 1. The van der Waals surface area contributed by atoms with Crippen LogP contribution in [-0.4, -0.2) is 33.0 Å². The van der Waals surface area contributed by atoms with E-state index in [1.165, 1.54) is 11.8 Å². The Hall–Kier alpha value is -2.81. The highest BCUT2D eigenvalue weighted by molar-refractivity contribution is 9.10. The van der Waals surface area contributed by atoms with Crippen LogP contribution >= 0.6 is 39.3 Å². The van der Waals surface area contributed by atoms with Crippen molar-refractivity contribution in [3.8, 4) is 22.8 Å². The molecule has 0 unspecified atom stereocenters. The molecular formula is C25H22BrClN4O2S. The van der Waals surface area contributed by atoms with Gasteiger partial charge in [0.25, 0.3) is 0 Å². The summed E-state index contributed by atoms with van der Waals surface area (Å²) in [5, 5.41) is 12.9. The summed E-state index contributed by atoms with van der Waals surface area (Å²) in [4.78, 5) is 12.7. The van der Waals surface area contributed by atoms with E-state index in [0.29, 0.717) is 22.6 Å². The molecule has 4 aromatic rings. The molecule has 174 valence electrons. The van der Waals surface area contributed by atoms with Crippen LogP contribution < -0.4 is 10.1 Å². The molecule has 34 heavy (non-hydrogen) atoms. The number of aryl methyl sites for hydroxylation is 1. The summed E-state index contributed by atoms with van der Waals surface area (Å²) in [7, 11) is 0.